The molecule has 2 fully saturated rings. The van der Waals surface area contributed by atoms with Gasteiger partial charge >= 0.3 is 0 Å². The number of aliphatic hydroxyl groups excluding tert-OH is 1. The number of carbonyl (C=O) groups is 2. The minimum absolute atomic E-state index is 0.0769. The maximum Gasteiger partial charge on any atom is 0.261 e. The van der Waals surface area contributed by atoms with Gasteiger partial charge in [-0.2, -0.15) is 0 Å². The van der Waals surface area contributed by atoms with Crippen LogP contribution in [-0.4, -0.2) is 38.6 Å². The fraction of sp³-hybridized carbons (Fsp3) is 0.680. The number of fused-ring (bicyclic) bond motifs is 3. The fourth-order valence-corrected chi connectivity index (χ4v) is 7.29. The molecule has 0 unspecified atom stereocenters. The van der Waals surface area contributed by atoms with Gasteiger partial charge in [0, 0.05) is 29.4 Å². The molecule has 0 bridgehead atoms. The van der Waals surface area contributed by atoms with Gasteiger partial charge in [0.2, 0.25) is 5.91 Å². The number of hydrogen-bond acceptors (Lipinski definition) is 5. The third kappa shape index (κ3) is 2.43. The number of aromatic hydroxyl groups is 1. The van der Waals surface area contributed by atoms with Crippen LogP contribution in [0.1, 0.15) is 81.8 Å². The van der Waals surface area contributed by atoms with Crippen molar-refractivity contribution in [3.63, 3.8) is 0 Å². The van der Waals surface area contributed by atoms with E-state index in [1.165, 1.54) is 17.9 Å². The quantitative estimate of drug-likeness (QED) is 0.658. The Balaban J connectivity index is 1.71. The van der Waals surface area contributed by atoms with Crippen LogP contribution in [0, 0.1) is 22.7 Å². The van der Waals surface area contributed by atoms with Gasteiger partial charge in [0.15, 0.2) is 0 Å². The second kappa shape index (κ2) is 6.25. The number of rotatable bonds is 0. The predicted octanol–water partition coefficient (Wildman–Crippen LogP) is 3.80. The normalized spacial score (nSPS) is 37.9. The van der Waals surface area contributed by atoms with Gasteiger partial charge in [-0.05, 0) is 49.5 Å². The molecule has 1 aromatic carbocycles. The standard InChI is InChI=1S/C25H33NO5/c1-13-6-7-19-23(3,4)20(29)8-9-25(19)24(13,5)11-16-18(28)10-15-17(21(16)31-25)12-26(14(2)27)22(15)30/h10,13,19-20,28-29H,6-9,11-12H2,1-5H3/t13-,19-,20-,24+,25-/m0/s1. The molecule has 2 amide bonds. The van der Waals surface area contributed by atoms with Gasteiger partial charge in [-0.15, -0.1) is 0 Å². The Morgan fingerprint density at radius 3 is 2.58 bits per heavy atom. The largest absolute Gasteiger partial charge is 0.508 e. The Kier molecular flexibility index (Phi) is 4.19. The zero-order valence-corrected chi connectivity index (χ0v) is 19.1. The number of phenolic OH excluding ortho intramolecular Hbond substituents is 1. The number of phenols is 1. The molecule has 168 valence electrons. The van der Waals surface area contributed by atoms with Gasteiger partial charge in [-0.1, -0.05) is 27.7 Å². The average molecular weight is 428 g/mol. The van der Waals surface area contributed by atoms with Crippen molar-refractivity contribution in [3.05, 3.63) is 22.8 Å². The summed E-state index contributed by atoms with van der Waals surface area (Å²) in [5.41, 5.74) is 0.857. The highest BCUT2D eigenvalue weighted by atomic mass is 16.5. The number of amides is 2. The molecular formula is C25H33NO5. The maximum atomic E-state index is 12.8. The molecule has 2 saturated carbocycles. The van der Waals surface area contributed by atoms with E-state index in [0.717, 1.165) is 24.8 Å². The summed E-state index contributed by atoms with van der Waals surface area (Å²) in [6.45, 7) is 10.4. The number of hydrogen-bond donors (Lipinski definition) is 2. The van der Waals surface area contributed by atoms with Crippen molar-refractivity contribution in [2.45, 2.75) is 85.0 Å². The van der Waals surface area contributed by atoms with Crippen molar-refractivity contribution < 1.29 is 24.5 Å². The molecule has 5 rings (SSSR count). The molecule has 1 aromatic rings. The summed E-state index contributed by atoms with van der Waals surface area (Å²) in [6.07, 6.45) is 3.74. The number of ether oxygens (including phenoxy) is 1. The van der Waals surface area contributed by atoms with E-state index in [4.69, 9.17) is 4.74 Å². The first-order valence-corrected chi connectivity index (χ1v) is 11.5. The molecule has 31 heavy (non-hydrogen) atoms. The highest BCUT2D eigenvalue weighted by Gasteiger charge is 2.68. The van der Waals surface area contributed by atoms with Crippen LogP contribution in [-0.2, 0) is 17.8 Å². The summed E-state index contributed by atoms with van der Waals surface area (Å²) in [6, 6.07) is 1.52. The number of carbonyl (C=O) groups excluding carboxylic acids is 2. The first-order chi connectivity index (χ1) is 14.4. The van der Waals surface area contributed by atoms with Gasteiger partial charge in [0.1, 0.15) is 17.1 Å². The van der Waals surface area contributed by atoms with Crippen molar-refractivity contribution in [1.82, 2.24) is 4.90 Å². The molecule has 6 heteroatoms. The van der Waals surface area contributed by atoms with Crippen molar-refractivity contribution in [3.8, 4) is 11.5 Å². The summed E-state index contributed by atoms with van der Waals surface area (Å²) in [5.74, 6) is 0.550. The van der Waals surface area contributed by atoms with Crippen LogP contribution in [0.3, 0.4) is 0 Å². The first kappa shape index (κ1) is 20.8. The van der Waals surface area contributed by atoms with Crippen molar-refractivity contribution in [1.29, 1.82) is 0 Å². The van der Waals surface area contributed by atoms with Crippen LogP contribution < -0.4 is 4.74 Å². The molecule has 0 radical (unpaired) electrons. The van der Waals surface area contributed by atoms with E-state index in [0.29, 0.717) is 35.6 Å². The highest BCUT2D eigenvalue weighted by Crippen LogP contribution is 2.67. The molecule has 6 nitrogen and oxygen atoms in total. The van der Waals surface area contributed by atoms with E-state index in [1.807, 2.05) is 0 Å². The molecule has 2 heterocycles. The van der Waals surface area contributed by atoms with E-state index < -0.39 is 5.60 Å². The minimum Gasteiger partial charge on any atom is -0.508 e. The summed E-state index contributed by atoms with van der Waals surface area (Å²) in [4.78, 5) is 26.0. The van der Waals surface area contributed by atoms with E-state index in [9.17, 15) is 19.8 Å². The van der Waals surface area contributed by atoms with E-state index in [1.54, 1.807) is 0 Å². The van der Waals surface area contributed by atoms with Gasteiger partial charge < -0.3 is 14.9 Å². The van der Waals surface area contributed by atoms with Gasteiger partial charge in [0.05, 0.1) is 18.2 Å². The zero-order chi connectivity index (χ0) is 22.5. The Hall–Kier alpha value is -2.08. The second-order valence-electron chi connectivity index (χ2n) is 11.1. The predicted molar refractivity (Wildman–Crippen MR) is 115 cm³/mol. The SMILES string of the molecule is CC(=O)N1Cc2c(cc(O)c3c2O[C@@]24CC[C@H](O)C(C)(C)[C@@H]2CC[C@H](C)[C@@]4(C)C3)C1=O. The molecule has 1 spiro atoms. The summed E-state index contributed by atoms with van der Waals surface area (Å²) >= 11 is 0. The minimum atomic E-state index is -0.478. The first-order valence-electron chi connectivity index (χ1n) is 11.5. The van der Waals surface area contributed by atoms with Crippen LogP contribution in [0.15, 0.2) is 6.07 Å². The third-order valence-electron chi connectivity index (χ3n) is 9.52. The van der Waals surface area contributed by atoms with Crippen molar-refractivity contribution >= 4 is 11.8 Å². The van der Waals surface area contributed by atoms with E-state index in [-0.39, 0.29) is 47.0 Å². The summed E-state index contributed by atoms with van der Waals surface area (Å²) in [7, 11) is 0. The lowest BCUT2D eigenvalue weighted by atomic mass is 9.43. The van der Waals surface area contributed by atoms with Gasteiger partial charge in [0.25, 0.3) is 5.91 Å². The van der Waals surface area contributed by atoms with E-state index in [2.05, 4.69) is 27.7 Å². The molecule has 2 aliphatic heterocycles. The number of nitrogens with zero attached hydrogens (tertiary/aromatic N) is 1. The smallest absolute Gasteiger partial charge is 0.261 e. The number of benzene rings is 1. The van der Waals surface area contributed by atoms with E-state index >= 15 is 0 Å². The van der Waals surface area contributed by atoms with Crippen LogP contribution >= 0.6 is 0 Å². The maximum absolute atomic E-state index is 12.8. The monoisotopic (exact) mass is 427 g/mol. The highest BCUT2D eigenvalue weighted by molar-refractivity contribution is 6.08. The van der Waals surface area contributed by atoms with Gasteiger partial charge in [-0.25, -0.2) is 0 Å². The van der Waals surface area contributed by atoms with Crippen LogP contribution in [0.2, 0.25) is 0 Å². The second-order valence-corrected chi connectivity index (χ2v) is 11.1. The lowest BCUT2D eigenvalue weighted by Gasteiger charge is -2.67. The number of aliphatic hydroxyl groups is 1. The Labute approximate surface area is 183 Å². The third-order valence-corrected chi connectivity index (χ3v) is 9.52. The van der Waals surface area contributed by atoms with Crippen LogP contribution in [0.4, 0.5) is 0 Å². The Morgan fingerprint density at radius 1 is 1.19 bits per heavy atom. The van der Waals surface area contributed by atoms with Crippen molar-refractivity contribution in [2.75, 3.05) is 0 Å². The van der Waals surface area contributed by atoms with Gasteiger partial charge in [-0.3, -0.25) is 14.5 Å². The summed E-state index contributed by atoms with van der Waals surface area (Å²) < 4.78 is 7.02. The molecular weight excluding hydrogens is 394 g/mol. The lowest BCUT2D eigenvalue weighted by molar-refractivity contribution is -0.233. The molecule has 2 aliphatic carbocycles. The molecule has 0 saturated heterocycles. The molecule has 0 aromatic heterocycles. The van der Waals surface area contributed by atoms with Crippen LogP contribution in [0.25, 0.3) is 0 Å². The Morgan fingerprint density at radius 2 is 1.90 bits per heavy atom. The fourth-order valence-electron chi connectivity index (χ4n) is 7.29. The molecule has 2 N–H and O–H groups in total. The topological polar surface area (TPSA) is 87.1 Å². The van der Waals surface area contributed by atoms with Crippen LogP contribution in [0.5, 0.6) is 11.5 Å². The molecule has 4 aliphatic rings. The Bertz CT molecular complexity index is 1000. The van der Waals surface area contributed by atoms with Crippen molar-refractivity contribution in [2.24, 2.45) is 22.7 Å². The summed E-state index contributed by atoms with van der Waals surface area (Å²) in [5, 5.41) is 21.8. The number of imide groups is 1. The molecule has 5 atom stereocenters. The average Bonchev–Trinajstić information content (AvgIpc) is 3.02. The lowest BCUT2D eigenvalue weighted by Crippen LogP contribution is -2.70. The zero-order valence-electron chi connectivity index (χ0n) is 19.1.